The van der Waals surface area contributed by atoms with Crippen molar-refractivity contribution >= 4 is 46.6 Å². The van der Waals surface area contributed by atoms with E-state index in [-0.39, 0.29) is 5.41 Å². The normalized spacial score (nSPS) is 15.0. The van der Waals surface area contributed by atoms with Crippen LogP contribution in [0.5, 0.6) is 11.5 Å². The van der Waals surface area contributed by atoms with Crippen molar-refractivity contribution in [3.05, 3.63) is 114 Å². The summed E-state index contributed by atoms with van der Waals surface area (Å²) in [5.41, 5.74) is 15.0. The molecule has 182 valence electrons. The number of fused-ring (bicyclic) bond motifs is 6. The van der Waals surface area contributed by atoms with Gasteiger partial charge >= 0.3 is 0 Å². The van der Waals surface area contributed by atoms with Gasteiger partial charge in [0.15, 0.2) is 18.8 Å². The first-order chi connectivity index (χ1) is 18.5. The van der Waals surface area contributed by atoms with Crippen LogP contribution in [-0.2, 0) is 5.41 Å². The van der Waals surface area contributed by atoms with E-state index >= 15 is 0 Å². The van der Waals surface area contributed by atoms with Gasteiger partial charge in [0.05, 0.1) is 17.1 Å². The van der Waals surface area contributed by atoms with E-state index in [1.54, 1.807) is 0 Å². The summed E-state index contributed by atoms with van der Waals surface area (Å²) < 4.78 is 6.33. The summed E-state index contributed by atoms with van der Waals surface area (Å²) >= 11 is 0. The molecule has 0 saturated heterocycles. The Kier molecular flexibility index (Phi) is 4.30. The molecule has 5 aromatic carbocycles. The second-order valence-corrected chi connectivity index (χ2v) is 11.2. The molecule has 1 N–H and O–H groups in total. The number of hydrogen-bond acceptors (Lipinski definition) is 3. The van der Waals surface area contributed by atoms with Crippen molar-refractivity contribution in [2.24, 2.45) is 0 Å². The Balaban J connectivity index is 1.38. The summed E-state index contributed by atoms with van der Waals surface area (Å²) in [7, 11) is 0.893. The van der Waals surface area contributed by atoms with E-state index in [9.17, 15) is 0 Å². The van der Waals surface area contributed by atoms with E-state index in [1.165, 1.54) is 55.8 Å². The van der Waals surface area contributed by atoms with E-state index in [2.05, 4.69) is 110 Å². The molecule has 0 spiro atoms. The van der Waals surface area contributed by atoms with Gasteiger partial charge in [-0.1, -0.05) is 86.0 Å². The zero-order valence-electron chi connectivity index (χ0n) is 21.8. The third-order valence-electron chi connectivity index (χ3n) is 8.50. The summed E-state index contributed by atoms with van der Waals surface area (Å²) in [6, 6.07) is 35.0. The first-order valence-corrected chi connectivity index (χ1v) is 13.3. The van der Waals surface area contributed by atoms with E-state index < -0.39 is 0 Å². The Labute approximate surface area is 224 Å². The first-order valence-electron chi connectivity index (χ1n) is 13.3. The highest BCUT2D eigenvalue weighted by atomic mass is 16.5. The third-order valence-corrected chi connectivity index (χ3v) is 8.50. The highest BCUT2D eigenvalue weighted by Gasteiger charge is 2.41. The van der Waals surface area contributed by atoms with Gasteiger partial charge in [-0.15, -0.1) is 0 Å². The number of aryl methyl sites for hydroxylation is 1. The Morgan fingerprint density at radius 1 is 0.737 bits per heavy atom. The van der Waals surface area contributed by atoms with Crippen LogP contribution in [0.2, 0.25) is 0 Å². The van der Waals surface area contributed by atoms with Gasteiger partial charge in [0.2, 0.25) is 0 Å². The largest absolute Gasteiger partial charge is 0.453 e. The molecular formula is C34H27BN2O. The van der Waals surface area contributed by atoms with Crippen molar-refractivity contribution in [1.82, 2.24) is 0 Å². The topological polar surface area (TPSA) is 24.5 Å². The van der Waals surface area contributed by atoms with Gasteiger partial charge in [-0.3, -0.25) is 0 Å². The van der Waals surface area contributed by atoms with Crippen LogP contribution < -0.4 is 25.9 Å². The maximum atomic E-state index is 6.33. The number of para-hydroxylation sites is 5. The third kappa shape index (κ3) is 2.86. The molecule has 3 aliphatic rings. The highest BCUT2D eigenvalue weighted by molar-refractivity contribution is 6.73. The molecule has 4 heteroatoms. The molecule has 0 fully saturated rings. The molecule has 38 heavy (non-hydrogen) atoms. The summed E-state index contributed by atoms with van der Waals surface area (Å²) in [5.74, 6) is 1.72. The molecule has 3 heterocycles. The van der Waals surface area contributed by atoms with Crippen LogP contribution in [0.4, 0.5) is 28.4 Å². The van der Waals surface area contributed by atoms with Crippen LogP contribution in [-0.4, -0.2) is 7.28 Å². The lowest BCUT2D eigenvalue weighted by atomic mass is 9.56. The van der Waals surface area contributed by atoms with E-state index in [1.807, 2.05) is 18.2 Å². The van der Waals surface area contributed by atoms with Crippen LogP contribution in [0.15, 0.2) is 97.1 Å². The van der Waals surface area contributed by atoms with Crippen LogP contribution in [0, 0.1) is 6.92 Å². The maximum absolute atomic E-state index is 6.33. The summed E-state index contributed by atoms with van der Waals surface area (Å²) in [6.45, 7) is 6.92. The molecule has 0 saturated carbocycles. The Bertz CT molecular complexity index is 1810. The molecule has 0 aromatic heterocycles. The van der Waals surface area contributed by atoms with Gasteiger partial charge in [-0.25, -0.2) is 0 Å². The molecule has 3 nitrogen and oxygen atoms in total. The smallest absolute Gasteiger partial charge is 0.198 e. The quantitative estimate of drug-likeness (QED) is 0.244. The molecule has 0 unspecified atom stereocenters. The SMILES string of the molecule is Cc1cc(-c2cccc3c2Nc2ccccc2O3)c2c(c1)N1c3ccccc3C(C)(C)c3cccc(c31)B2. The summed E-state index contributed by atoms with van der Waals surface area (Å²) in [6.07, 6.45) is 0. The van der Waals surface area contributed by atoms with Crippen LogP contribution >= 0.6 is 0 Å². The molecule has 3 aliphatic heterocycles. The molecule has 5 aromatic rings. The summed E-state index contributed by atoms with van der Waals surface area (Å²) in [5, 5.41) is 3.69. The first kappa shape index (κ1) is 21.6. The van der Waals surface area contributed by atoms with Crippen LogP contribution in [0.3, 0.4) is 0 Å². The average molecular weight is 490 g/mol. The zero-order chi connectivity index (χ0) is 25.6. The molecular weight excluding hydrogens is 463 g/mol. The Hall–Kier alpha value is -4.44. The number of anilines is 5. The highest BCUT2D eigenvalue weighted by Crippen LogP contribution is 2.53. The fraction of sp³-hybridized carbons (Fsp3) is 0.118. The van der Waals surface area contributed by atoms with Gasteiger partial charge in [0.1, 0.15) is 0 Å². The average Bonchev–Trinajstić information content (AvgIpc) is 2.93. The molecule has 0 aliphatic carbocycles. The lowest BCUT2D eigenvalue weighted by Crippen LogP contribution is -2.45. The summed E-state index contributed by atoms with van der Waals surface area (Å²) in [4.78, 5) is 2.52. The fourth-order valence-corrected chi connectivity index (χ4v) is 6.71. The molecule has 0 atom stereocenters. The molecule has 0 amide bonds. The number of ether oxygens (including phenoxy) is 1. The van der Waals surface area contributed by atoms with Crippen molar-refractivity contribution in [2.75, 3.05) is 10.2 Å². The van der Waals surface area contributed by atoms with Crippen LogP contribution in [0.25, 0.3) is 11.1 Å². The molecule has 8 rings (SSSR count). The van der Waals surface area contributed by atoms with Crippen molar-refractivity contribution in [1.29, 1.82) is 0 Å². The molecule has 0 bridgehead atoms. The number of nitrogens with one attached hydrogen (secondary N) is 1. The van der Waals surface area contributed by atoms with Crippen molar-refractivity contribution in [2.45, 2.75) is 26.2 Å². The number of nitrogens with zero attached hydrogens (tertiary/aromatic N) is 1. The van der Waals surface area contributed by atoms with E-state index in [0.717, 1.165) is 30.2 Å². The van der Waals surface area contributed by atoms with Crippen molar-refractivity contribution in [3.63, 3.8) is 0 Å². The van der Waals surface area contributed by atoms with E-state index in [4.69, 9.17) is 4.74 Å². The van der Waals surface area contributed by atoms with Gasteiger partial charge < -0.3 is 15.0 Å². The number of rotatable bonds is 1. The Morgan fingerprint density at radius 2 is 1.50 bits per heavy atom. The van der Waals surface area contributed by atoms with Gasteiger partial charge in [0, 0.05) is 22.4 Å². The lowest BCUT2D eigenvalue weighted by molar-refractivity contribution is 0.481. The van der Waals surface area contributed by atoms with Gasteiger partial charge in [0.25, 0.3) is 0 Å². The predicted molar refractivity (Wildman–Crippen MR) is 160 cm³/mol. The number of benzene rings is 5. The monoisotopic (exact) mass is 490 g/mol. The minimum atomic E-state index is -0.0598. The van der Waals surface area contributed by atoms with Crippen molar-refractivity contribution in [3.8, 4) is 22.6 Å². The maximum Gasteiger partial charge on any atom is 0.198 e. The minimum absolute atomic E-state index is 0.0598. The number of hydrogen-bond donors (Lipinski definition) is 1. The van der Waals surface area contributed by atoms with Gasteiger partial charge in [-0.05, 0) is 65.0 Å². The minimum Gasteiger partial charge on any atom is -0.453 e. The predicted octanol–water partition coefficient (Wildman–Crippen LogP) is 7.32. The van der Waals surface area contributed by atoms with Crippen LogP contribution in [0.1, 0.15) is 30.5 Å². The fourth-order valence-electron chi connectivity index (χ4n) is 6.71. The lowest BCUT2D eigenvalue weighted by Gasteiger charge is -2.46. The Morgan fingerprint density at radius 3 is 2.42 bits per heavy atom. The van der Waals surface area contributed by atoms with Crippen molar-refractivity contribution < 1.29 is 4.74 Å². The standard InChI is InChI=1S/C34H27BN2O/c1-20-18-22(21-10-8-17-30-32(21)36-26-14-5-7-16-29(26)38-30)31-28(19-20)37-27-15-6-4-11-23(27)34(2,3)24-12-9-13-25(35-31)33(24)37/h4-19,35-36H,1-3H3. The second-order valence-electron chi connectivity index (χ2n) is 11.2. The van der Waals surface area contributed by atoms with E-state index in [0.29, 0.717) is 0 Å². The van der Waals surface area contributed by atoms with Gasteiger partial charge in [-0.2, -0.15) is 0 Å². The molecule has 0 radical (unpaired) electrons. The second kappa shape index (κ2) is 7.55. The zero-order valence-corrected chi connectivity index (χ0v) is 21.8.